The highest BCUT2D eigenvalue weighted by atomic mass is 32.2. The van der Waals surface area contributed by atoms with E-state index in [1.807, 2.05) is 26.0 Å². The van der Waals surface area contributed by atoms with Gasteiger partial charge in [-0.25, -0.2) is 8.42 Å². The molecule has 25 heavy (non-hydrogen) atoms. The second-order valence-corrected chi connectivity index (χ2v) is 8.10. The lowest BCUT2D eigenvalue weighted by Gasteiger charge is -2.26. The van der Waals surface area contributed by atoms with Crippen LogP contribution in [0.25, 0.3) is 0 Å². The second-order valence-electron chi connectivity index (χ2n) is 6.42. The van der Waals surface area contributed by atoms with Crippen LogP contribution in [0, 0.1) is 13.8 Å². The van der Waals surface area contributed by atoms with Gasteiger partial charge in [0.1, 0.15) is 0 Å². The van der Waals surface area contributed by atoms with Crippen molar-refractivity contribution in [2.45, 2.75) is 38.0 Å². The zero-order chi connectivity index (χ0) is 18.0. The van der Waals surface area contributed by atoms with E-state index in [1.54, 1.807) is 35.2 Å². The molecule has 0 unspecified atom stereocenters. The number of sulfonamides is 1. The minimum Gasteiger partial charge on any atom is -0.312 e. The predicted molar refractivity (Wildman–Crippen MR) is 99.4 cm³/mol. The van der Waals surface area contributed by atoms with Gasteiger partial charge in [0, 0.05) is 18.7 Å². The molecular formula is C19H22N2O3S. The monoisotopic (exact) mass is 358 g/mol. The number of hydrogen-bond donors (Lipinski definition) is 1. The van der Waals surface area contributed by atoms with Gasteiger partial charge in [-0.3, -0.25) is 9.52 Å². The van der Waals surface area contributed by atoms with Crippen molar-refractivity contribution < 1.29 is 13.2 Å². The molecule has 2 aromatic rings. The van der Waals surface area contributed by atoms with Crippen LogP contribution in [0.2, 0.25) is 0 Å². The van der Waals surface area contributed by atoms with Crippen LogP contribution in [0.4, 0.5) is 11.4 Å². The summed E-state index contributed by atoms with van der Waals surface area (Å²) in [4.78, 5) is 13.9. The number of anilines is 2. The Bertz CT molecular complexity index is 889. The summed E-state index contributed by atoms with van der Waals surface area (Å²) in [5.41, 5.74) is 3.27. The number of aryl methyl sites for hydroxylation is 2. The van der Waals surface area contributed by atoms with Gasteiger partial charge in [-0.1, -0.05) is 17.7 Å². The summed E-state index contributed by atoms with van der Waals surface area (Å²) in [6.45, 7) is 4.52. The number of carbonyl (C=O) groups excluding carboxylic acids is 1. The standard InChI is InChI=1S/C19H22N2O3S/c1-14-6-11-18(15(2)13-14)20-25(23,24)17-9-7-16(8-10-17)21-12-4-3-5-19(21)22/h6-11,13,20H,3-5,12H2,1-2H3. The van der Waals surface area contributed by atoms with Gasteiger partial charge in [0.05, 0.1) is 10.6 Å². The van der Waals surface area contributed by atoms with Crippen LogP contribution in [0.3, 0.4) is 0 Å². The van der Waals surface area contributed by atoms with E-state index in [0.717, 1.165) is 29.7 Å². The first-order valence-corrected chi connectivity index (χ1v) is 9.86. The van der Waals surface area contributed by atoms with Gasteiger partial charge >= 0.3 is 0 Å². The van der Waals surface area contributed by atoms with Crippen molar-refractivity contribution in [3.05, 3.63) is 53.6 Å². The van der Waals surface area contributed by atoms with Gasteiger partial charge in [0.15, 0.2) is 0 Å². The lowest BCUT2D eigenvalue weighted by atomic mass is 10.1. The van der Waals surface area contributed by atoms with Crippen molar-refractivity contribution in [1.29, 1.82) is 0 Å². The van der Waals surface area contributed by atoms with E-state index in [0.29, 0.717) is 18.7 Å². The van der Waals surface area contributed by atoms with Crippen LogP contribution in [0.15, 0.2) is 47.4 Å². The Morgan fingerprint density at radius 2 is 1.72 bits per heavy atom. The number of carbonyl (C=O) groups is 1. The summed E-state index contributed by atoms with van der Waals surface area (Å²) in [5, 5.41) is 0. The van der Waals surface area contributed by atoms with Crippen molar-refractivity contribution in [3.63, 3.8) is 0 Å². The minimum absolute atomic E-state index is 0.0928. The fourth-order valence-electron chi connectivity index (χ4n) is 3.02. The number of hydrogen-bond acceptors (Lipinski definition) is 3. The smallest absolute Gasteiger partial charge is 0.261 e. The Kier molecular flexibility index (Phi) is 4.81. The second kappa shape index (κ2) is 6.88. The Morgan fingerprint density at radius 3 is 2.36 bits per heavy atom. The molecule has 1 saturated heterocycles. The van der Waals surface area contributed by atoms with E-state index in [-0.39, 0.29) is 10.8 Å². The molecule has 0 atom stereocenters. The summed E-state index contributed by atoms with van der Waals surface area (Å²) in [7, 11) is -3.66. The summed E-state index contributed by atoms with van der Waals surface area (Å²) in [6.07, 6.45) is 2.44. The third-order valence-electron chi connectivity index (χ3n) is 4.41. The van der Waals surface area contributed by atoms with Crippen molar-refractivity contribution in [2.75, 3.05) is 16.2 Å². The normalized spacial score (nSPS) is 15.3. The van der Waals surface area contributed by atoms with Crippen LogP contribution in [0.1, 0.15) is 30.4 Å². The van der Waals surface area contributed by atoms with E-state index < -0.39 is 10.0 Å². The molecule has 1 aliphatic heterocycles. The molecule has 0 spiro atoms. The van der Waals surface area contributed by atoms with E-state index >= 15 is 0 Å². The predicted octanol–water partition coefficient (Wildman–Crippen LogP) is 3.62. The van der Waals surface area contributed by atoms with Crippen molar-refractivity contribution in [2.24, 2.45) is 0 Å². The topological polar surface area (TPSA) is 66.5 Å². The molecule has 3 rings (SSSR count). The largest absolute Gasteiger partial charge is 0.312 e. The lowest BCUT2D eigenvalue weighted by molar-refractivity contribution is -0.119. The Hall–Kier alpha value is -2.34. The highest BCUT2D eigenvalue weighted by molar-refractivity contribution is 7.92. The number of benzene rings is 2. The highest BCUT2D eigenvalue weighted by Crippen LogP contribution is 2.25. The molecule has 1 N–H and O–H groups in total. The van der Waals surface area contributed by atoms with Crippen LogP contribution in [-0.4, -0.2) is 20.9 Å². The van der Waals surface area contributed by atoms with E-state index in [1.165, 1.54) is 0 Å². The summed E-state index contributed by atoms with van der Waals surface area (Å²) >= 11 is 0. The quantitative estimate of drug-likeness (QED) is 0.908. The molecule has 1 aliphatic rings. The fraction of sp³-hybridized carbons (Fsp3) is 0.316. The molecule has 0 bridgehead atoms. The molecule has 1 amide bonds. The van der Waals surface area contributed by atoms with Gasteiger partial charge in [-0.2, -0.15) is 0 Å². The summed E-state index contributed by atoms with van der Waals surface area (Å²) in [5.74, 6) is 0.0928. The first-order valence-electron chi connectivity index (χ1n) is 8.37. The lowest BCUT2D eigenvalue weighted by Crippen LogP contribution is -2.35. The molecule has 0 radical (unpaired) electrons. The van der Waals surface area contributed by atoms with Gasteiger partial charge in [-0.05, 0) is 62.6 Å². The molecule has 0 aromatic heterocycles. The zero-order valence-electron chi connectivity index (χ0n) is 14.5. The summed E-state index contributed by atoms with van der Waals surface area (Å²) in [6, 6.07) is 12.0. The first-order chi connectivity index (χ1) is 11.9. The highest BCUT2D eigenvalue weighted by Gasteiger charge is 2.21. The van der Waals surface area contributed by atoms with Crippen LogP contribution >= 0.6 is 0 Å². The maximum atomic E-state index is 12.6. The van der Waals surface area contributed by atoms with Gasteiger partial charge in [0.2, 0.25) is 5.91 Å². The molecule has 2 aromatic carbocycles. The molecule has 5 nitrogen and oxygen atoms in total. The Balaban J connectivity index is 1.81. The Morgan fingerprint density at radius 1 is 1.00 bits per heavy atom. The van der Waals surface area contributed by atoms with Gasteiger partial charge in [-0.15, -0.1) is 0 Å². The summed E-state index contributed by atoms with van der Waals surface area (Å²) < 4.78 is 27.8. The van der Waals surface area contributed by atoms with Crippen molar-refractivity contribution in [3.8, 4) is 0 Å². The molecule has 6 heteroatoms. The van der Waals surface area contributed by atoms with Crippen LogP contribution < -0.4 is 9.62 Å². The maximum Gasteiger partial charge on any atom is 0.261 e. The van der Waals surface area contributed by atoms with Crippen LogP contribution in [-0.2, 0) is 14.8 Å². The van der Waals surface area contributed by atoms with E-state index in [9.17, 15) is 13.2 Å². The fourth-order valence-corrected chi connectivity index (χ4v) is 4.15. The number of amides is 1. The van der Waals surface area contributed by atoms with Crippen LogP contribution in [0.5, 0.6) is 0 Å². The maximum absolute atomic E-state index is 12.6. The Labute approximate surface area is 148 Å². The minimum atomic E-state index is -3.66. The molecule has 1 fully saturated rings. The molecule has 132 valence electrons. The number of rotatable bonds is 4. The molecular weight excluding hydrogens is 336 g/mol. The average molecular weight is 358 g/mol. The molecule has 1 heterocycles. The SMILES string of the molecule is Cc1ccc(NS(=O)(=O)c2ccc(N3CCCCC3=O)cc2)c(C)c1. The number of nitrogens with one attached hydrogen (secondary N) is 1. The van der Waals surface area contributed by atoms with Gasteiger partial charge < -0.3 is 4.90 Å². The third-order valence-corrected chi connectivity index (χ3v) is 5.79. The third kappa shape index (κ3) is 3.85. The van der Waals surface area contributed by atoms with E-state index in [4.69, 9.17) is 0 Å². The van der Waals surface area contributed by atoms with Crippen molar-refractivity contribution in [1.82, 2.24) is 0 Å². The van der Waals surface area contributed by atoms with Gasteiger partial charge in [0.25, 0.3) is 10.0 Å². The molecule has 0 saturated carbocycles. The molecule has 0 aliphatic carbocycles. The first kappa shape index (κ1) is 17.5. The van der Waals surface area contributed by atoms with Crippen molar-refractivity contribution >= 4 is 27.3 Å². The number of nitrogens with zero attached hydrogens (tertiary/aromatic N) is 1. The number of piperidine rings is 1. The average Bonchev–Trinajstić information content (AvgIpc) is 2.58. The zero-order valence-corrected chi connectivity index (χ0v) is 15.3. The van der Waals surface area contributed by atoms with E-state index in [2.05, 4.69) is 4.72 Å².